The van der Waals surface area contributed by atoms with Crippen molar-refractivity contribution in [3.05, 3.63) is 237 Å². The van der Waals surface area contributed by atoms with E-state index in [-0.39, 0.29) is 0 Å². The van der Waals surface area contributed by atoms with Crippen LogP contribution in [0.1, 0.15) is 0 Å². The molecule has 278 valence electrons. The smallest absolute Gasteiger partial charge is 0.179 e. The average molecular weight is 770 g/mol. The van der Waals surface area contributed by atoms with Crippen molar-refractivity contribution in [3.63, 3.8) is 0 Å². The second-order valence-electron chi connectivity index (χ2n) is 15.3. The molecule has 0 radical (unpaired) electrons. The minimum atomic E-state index is -2.83. The van der Waals surface area contributed by atoms with Gasteiger partial charge in [-0.2, -0.15) is 0 Å². The second kappa shape index (κ2) is 14.5. The van der Waals surface area contributed by atoms with Crippen molar-refractivity contribution < 1.29 is 4.42 Å². The van der Waals surface area contributed by atoms with Crippen molar-refractivity contribution in [2.45, 2.75) is 0 Å². The molecule has 0 bridgehead atoms. The lowest BCUT2D eigenvalue weighted by Crippen LogP contribution is -2.74. The Balaban J connectivity index is 1.18. The highest BCUT2D eigenvalue weighted by Gasteiger charge is 2.41. The van der Waals surface area contributed by atoms with Crippen molar-refractivity contribution in [1.29, 1.82) is 0 Å². The first-order chi connectivity index (χ1) is 29.3. The quantitative estimate of drug-likeness (QED) is 0.113. The highest BCUT2D eigenvalue weighted by Crippen LogP contribution is 2.46. The molecule has 10 aromatic carbocycles. The van der Waals surface area contributed by atoms with Crippen LogP contribution in [0, 0.1) is 0 Å². The zero-order valence-electron chi connectivity index (χ0n) is 32.4. The van der Waals surface area contributed by atoms with E-state index in [1.165, 1.54) is 37.1 Å². The molecule has 2 nitrogen and oxygen atoms in total. The molecule has 11 rings (SSSR count). The van der Waals surface area contributed by atoms with E-state index in [4.69, 9.17) is 4.42 Å². The Morgan fingerprint density at radius 3 is 1.63 bits per heavy atom. The molecule has 0 aliphatic carbocycles. The average Bonchev–Trinajstić information content (AvgIpc) is 3.71. The highest BCUT2D eigenvalue weighted by atomic mass is 28.3. The summed E-state index contributed by atoms with van der Waals surface area (Å²) in [5, 5.41) is 12.3. The number of hydrogen-bond donors (Lipinski definition) is 0. The van der Waals surface area contributed by atoms with E-state index in [0.29, 0.717) is 0 Å². The molecule has 1 aromatic heterocycles. The zero-order chi connectivity index (χ0) is 39.2. The molecule has 1 heterocycles. The standard InChI is InChI=1S/C56H39NOSi/c1-4-17-40(18-5-1)42-22-16-23-46(37-42)57(53-39-44-21-12-13-28-51(44)56-55(53)52-29-14-15-30-54(52)58-56)45-32-35-49(36-33-45)59(47-24-6-2-7-25-47,48-26-8-3-9-27-48)50-34-31-41-19-10-11-20-43(41)38-50/h1-39H. The molecule has 0 amide bonds. The zero-order valence-corrected chi connectivity index (χ0v) is 33.4. The van der Waals surface area contributed by atoms with Crippen molar-refractivity contribution in [2.75, 3.05) is 4.90 Å². The van der Waals surface area contributed by atoms with E-state index in [1.807, 2.05) is 0 Å². The Kier molecular flexibility index (Phi) is 8.53. The molecule has 0 saturated heterocycles. The van der Waals surface area contributed by atoms with Gasteiger partial charge in [-0.15, -0.1) is 0 Å². The maximum Gasteiger partial charge on any atom is 0.179 e. The van der Waals surface area contributed by atoms with E-state index in [2.05, 4.69) is 241 Å². The van der Waals surface area contributed by atoms with Gasteiger partial charge in [0.05, 0.1) is 11.1 Å². The number of para-hydroxylation sites is 1. The van der Waals surface area contributed by atoms with Crippen LogP contribution in [0.5, 0.6) is 0 Å². The third-order valence-corrected chi connectivity index (χ3v) is 16.7. The number of hydrogen-bond acceptors (Lipinski definition) is 2. The predicted octanol–water partition coefficient (Wildman–Crippen LogP) is 12.4. The van der Waals surface area contributed by atoms with Crippen molar-refractivity contribution in [3.8, 4) is 11.1 Å². The largest absolute Gasteiger partial charge is 0.455 e. The maximum absolute atomic E-state index is 6.74. The van der Waals surface area contributed by atoms with Crippen LogP contribution in [0.15, 0.2) is 241 Å². The minimum absolute atomic E-state index is 0.880. The van der Waals surface area contributed by atoms with Crippen LogP contribution >= 0.6 is 0 Å². The maximum atomic E-state index is 6.74. The van der Waals surface area contributed by atoms with Gasteiger partial charge >= 0.3 is 0 Å². The minimum Gasteiger partial charge on any atom is -0.455 e. The van der Waals surface area contributed by atoms with Crippen molar-refractivity contribution in [1.82, 2.24) is 0 Å². The summed E-state index contributed by atoms with van der Waals surface area (Å²) in [6.07, 6.45) is 0. The molecule has 59 heavy (non-hydrogen) atoms. The Morgan fingerprint density at radius 1 is 0.339 bits per heavy atom. The predicted molar refractivity (Wildman–Crippen MR) is 252 cm³/mol. The molecule has 0 fully saturated rings. The summed E-state index contributed by atoms with van der Waals surface area (Å²) in [5.41, 5.74) is 7.34. The van der Waals surface area contributed by atoms with Gasteiger partial charge in [-0.3, -0.25) is 0 Å². The molecule has 0 saturated carbocycles. The fourth-order valence-electron chi connectivity index (χ4n) is 9.26. The summed E-state index contributed by atoms with van der Waals surface area (Å²) in [7, 11) is -2.83. The molecule has 0 unspecified atom stereocenters. The van der Waals surface area contributed by atoms with Crippen LogP contribution in [-0.4, -0.2) is 8.07 Å². The SMILES string of the molecule is c1ccc(-c2cccc(N(c3ccc([Si](c4ccccc4)(c4ccccc4)c4ccc5ccccc5c4)cc3)c3cc4ccccc4c4oc5ccccc5c34)c2)cc1. The number of benzene rings is 10. The lowest BCUT2D eigenvalue weighted by atomic mass is 10.0. The number of nitrogens with zero attached hydrogens (tertiary/aromatic N) is 1. The first kappa shape index (κ1) is 34.8. The van der Waals surface area contributed by atoms with Crippen LogP contribution in [0.25, 0.3) is 54.6 Å². The summed E-state index contributed by atoms with van der Waals surface area (Å²) >= 11 is 0. The van der Waals surface area contributed by atoms with Crippen LogP contribution in [0.3, 0.4) is 0 Å². The Hall–Kier alpha value is -7.46. The van der Waals surface area contributed by atoms with Gasteiger partial charge in [0.15, 0.2) is 8.07 Å². The van der Waals surface area contributed by atoms with Crippen molar-refractivity contribution >= 4 is 89.4 Å². The highest BCUT2D eigenvalue weighted by molar-refractivity contribution is 7.20. The van der Waals surface area contributed by atoms with Gasteiger partial charge in [0.1, 0.15) is 11.2 Å². The van der Waals surface area contributed by atoms with Gasteiger partial charge in [-0.25, -0.2) is 0 Å². The molecule has 3 heteroatoms. The Bertz CT molecular complexity index is 3230. The third kappa shape index (κ3) is 5.86. The lowest BCUT2D eigenvalue weighted by molar-refractivity contribution is 0.672. The lowest BCUT2D eigenvalue weighted by Gasteiger charge is -2.35. The van der Waals surface area contributed by atoms with Crippen LogP contribution in [0.4, 0.5) is 17.1 Å². The number of rotatable bonds is 8. The van der Waals surface area contributed by atoms with Gasteiger partial charge in [0.2, 0.25) is 0 Å². The fraction of sp³-hybridized carbons (Fsp3) is 0. The topological polar surface area (TPSA) is 16.4 Å². The van der Waals surface area contributed by atoms with Crippen LogP contribution < -0.4 is 25.6 Å². The van der Waals surface area contributed by atoms with E-state index in [9.17, 15) is 0 Å². The Morgan fingerprint density at radius 2 is 0.898 bits per heavy atom. The molecular weight excluding hydrogens is 731 g/mol. The molecule has 0 spiro atoms. The van der Waals surface area contributed by atoms with Gasteiger partial charge < -0.3 is 9.32 Å². The van der Waals surface area contributed by atoms with Gasteiger partial charge in [-0.1, -0.05) is 200 Å². The molecule has 0 aliphatic heterocycles. The second-order valence-corrected chi connectivity index (χ2v) is 19.1. The van der Waals surface area contributed by atoms with Crippen LogP contribution in [-0.2, 0) is 0 Å². The normalized spacial score (nSPS) is 11.7. The van der Waals surface area contributed by atoms with Gasteiger partial charge in [0, 0.05) is 22.1 Å². The van der Waals surface area contributed by atoms with Gasteiger partial charge in [0.25, 0.3) is 0 Å². The summed E-state index contributed by atoms with van der Waals surface area (Å²) < 4.78 is 6.74. The summed E-state index contributed by atoms with van der Waals surface area (Å²) in [6, 6.07) is 86.5. The molecule has 0 N–H and O–H groups in total. The van der Waals surface area contributed by atoms with E-state index in [0.717, 1.165) is 55.3 Å². The number of fused-ring (bicyclic) bond motifs is 6. The molecule has 0 atom stereocenters. The van der Waals surface area contributed by atoms with Crippen molar-refractivity contribution in [2.24, 2.45) is 0 Å². The van der Waals surface area contributed by atoms with E-state index < -0.39 is 8.07 Å². The van der Waals surface area contributed by atoms with E-state index in [1.54, 1.807) is 0 Å². The summed E-state index contributed by atoms with van der Waals surface area (Å²) in [4.78, 5) is 2.43. The van der Waals surface area contributed by atoms with Crippen LogP contribution in [0.2, 0.25) is 0 Å². The first-order valence-electron chi connectivity index (χ1n) is 20.3. The molecule has 11 aromatic rings. The number of anilines is 3. The third-order valence-electron chi connectivity index (χ3n) is 12.0. The summed E-state index contributed by atoms with van der Waals surface area (Å²) in [6.45, 7) is 0. The monoisotopic (exact) mass is 769 g/mol. The fourth-order valence-corrected chi connectivity index (χ4v) is 14.0. The Labute approximate surface area is 344 Å². The van der Waals surface area contributed by atoms with E-state index >= 15 is 0 Å². The first-order valence-corrected chi connectivity index (χ1v) is 22.3. The molecule has 0 aliphatic rings. The van der Waals surface area contributed by atoms with Gasteiger partial charge in [-0.05, 0) is 84.4 Å². The number of furan rings is 1. The molecular formula is C56H39NOSi. The summed E-state index contributed by atoms with van der Waals surface area (Å²) in [5.74, 6) is 0.